The Morgan fingerprint density at radius 3 is 2.81 bits per heavy atom. The predicted octanol–water partition coefficient (Wildman–Crippen LogP) is 1.13. The Kier molecular flexibility index (Phi) is 3.07. The Labute approximate surface area is 95.7 Å². The second-order valence-electron chi connectivity index (χ2n) is 4.26. The van der Waals surface area contributed by atoms with Crippen LogP contribution in [0.15, 0.2) is 18.3 Å². The fourth-order valence-corrected chi connectivity index (χ4v) is 2.00. The fraction of sp³-hybridized carbons (Fsp3) is 0.500. The summed E-state index contributed by atoms with van der Waals surface area (Å²) in [7, 11) is 2.04. The summed E-state index contributed by atoms with van der Waals surface area (Å²) in [5, 5.41) is 8.67. The van der Waals surface area contributed by atoms with Crippen LogP contribution >= 0.6 is 0 Å². The van der Waals surface area contributed by atoms with Gasteiger partial charge in [-0.3, -0.25) is 0 Å². The molecule has 4 nitrogen and oxygen atoms in total. The maximum Gasteiger partial charge on any atom is 0.140 e. The molecule has 2 rings (SSSR count). The largest absolute Gasteiger partial charge is 0.369 e. The summed E-state index contributed by atoms with van der Waals surface area (Å²) in [4.78, 5) is 6.24. The van der Waals surface area contributed by atoms with E-state index in [0.29, 0.717) is 18.3 Å². The van der Waals surface area contributed by atoms with Crippen molar-refractivity contribution in [1.29, 1.82) is 5.26 Å². The summed E-state index contributed by atoms with van der Waals surface area (Å²) < 4.78 is 0. The highest BCUT2D eigenvalue weighted by Gasteiger charge is 2.33. The van der Waals surface area contributed by atoms with E-state index in [0.717, 1.165) is 11.6 Å². The zero-order valence-electron chi connectivity index (χ0n) is 9.43. The number of likely N-dealkylation sites (N-methyl/N-ethyl adjacent to an activating group) is 1. The molecule has 1 aliphatic rings. The molecule has 84 valence electrons. The Bertz CT molecular complexity index is 388. The van der Waals surface area contributed by atoms with Crippen LogP contribution in [0.4, 0.5) is 5.69 Å². The Morgan fingerprint density at radius 2 is 2.38 bits per heavy atom. The van der Waals surface area contributed by atoms with E-state index in [1.54, 1.807) is 12.3 Å². The molecular weight excluding hydrogens is 200 g/mol. The zero-order valence-corrected chi connectivity index (χ0v) is 9.43. The smallest absolute Gasteiger partial charge is 0.140 e. The summed E-state index contributed by atoms with van der Waals surface area (Å²) in [6.45, 7) is 0.668. The van der Waals surface area contributed by atoms with Crippen molar-refractivity contribution in [3.8, 4) is 6.07 Å². The molecule has 0 saturated heterocycles. The van der Waals surface area contributed by atoms with Crippen LogP contribution in [0.25, 0.3) is 0 Å². The molecule has 0 amide bonds. The van der Waals surface area contributed by atoms with E-state index < -0.39 is 0 Å². The molecule has 16 heavy (non-hydrogen) atoms. The summed E-state index contributed by atoms with van der Waals surface area (Å²) in [5.41, 5.74) is 7.27. The lowest BCUT2D eigenvalue weighted by Crippen LogP contribution is -2.39. The quantitative estimate of drug-likeness (QED) is 0.819. The topological polar surface area (TPSA) is 65.9 Å². The second-order valence-corrected chi connectivity index (χ2v) is 4.26. The van der Waals surface area contributed by atoms with Gasteiger partial charge in [-0.15, -0.1) is 0 Å². The molecule has 0 spiro atoms. The number of nitriles is 1. The molecule has 2 N–H and O–H groups in total. The standard InChI is InChI=1S/C12H16N4/c1-16(12(7-14)9-2-3-9)11-5-4-10(6-13)15-8-11/h4-5,8-9,12H,2-3,7,14H2,1H3. The van der Waals surface area contributed by atoms with Crippen molar-refractivity contribution in [2.24, 2.45) is 11.7 Å². The van der Waals surface area contributed by atoms with E-state index in [4.69, 9.17) is 11.0 Å². The number of anilines is 1. The van der Waals surface area contributed by atoms with Gasteiger partial charge in [-0.05, 0) is 30.9 Å². The second kappa shape index (κ2) is 4.50. The van der Waals surface area contributed by atoms with Gasteiger partial charge in [0.15, 0.2) is 0 Å². The molecule has 0 aromatic carbocycles. The Hall–Kier alpha value is -1.60. The molecule has 1 fully saturated rings. The van der Waals surface area contributed by atoms with Crippen molar-refractivity contribution in [2.45, 2.75) is 18.9 Å². The van der Waals surface area contributed by atoms with E-state index >= 15 is 0 Å². The minimum Gasteiger partial charge on any atom is -0.369 e. The van der Waals surface area contributed by atoms with Crippen molar-refractivity contribution in [3.05, 3.63) is 24.0 Å². The highest BCUT2D eigenvalue weighted by molar-refractivity contribution is 5.46. The van der Waals surface area contributed by atoms with Crippen LogP contribution in [0, 0.1) is 17.2 Å². The summed E-state index contributed by atoms with van der Waals surface area (Å²) >= 11 is 0. The number of hydrogen-bond acceptors (Lipinski definition) is 4. The average Bonchev–Trinajstić information content (AvgIpc) is 3.14. The van der Waals surface area contributed by atoms with Crippen LogP contribution < -0.4 is 10.6 Å². The minimum absolute atomic E-state index is 0.398. The monoisotopic (exact) mass is 216 g/mol. The van der Waals surface area contributed by atoms with E-state index in [1.165, 1.54) is 12.8 Å². The van der Waals surface area contributed by atoms with Crippen LogP contribution in [-0.2, 0) is 0 Å². The van der Waals surface area contributed by atoms with E-state index in [9.17, 15) is 0 Å². The molecule has 1 aromatic rings. The normalized spacial score (nSPS) is 16.6. The first kappa shape index (κ1) is 10.9. The summed E-state index contributed by atoms with van der Waals surface area (Å²) in [6, 6.07) is 6.08. The lowest BCUT2D eigenvalue weighted by molar-refractivity contribution is 0.570. The molecule has 1 aliphatic carbocycles. The highest BCUT2D eigenvalue weighted by atomic mass is 15.2. The van der Waals surface area contributed by atoms with Crippen LogP contribution in [0.2, 0.25) is 0 Å². The van der Waals surface area contributed by atoms with E-state index in [1.807, 2.05) is 19.2 Å². The number of aromatic nitrogens is 1. The third kappa shape index (κ3) is 2.15. The van der Waals surface area contributed by atoms with Crippen molar-refractivity contribution in [2.75, 3.05) is 18.5 Å². The Morgan fingerprint density at radius 1 is 1.62 bits per heavy atom. The zero-order chi connectivity index (χ0) is 11.5. The van der Waals surface area contributed by atoms with Crippen LogP contribution in [-0.4, -0.2) is 24.6 Å². The lowest BCUT2D eigenvalue weighted by atomic mass is 10.1. The third-order valence-corrected chi connectivity index (χ3v) is 3.17. The first-order valence-electron chi connectivity index (χ1n) is 5.55. The van der Waals surface area contributed by atoms with Gasteiger partial charge in [0.05, 0.1) is 11.9 Å². The van der Waals surface area contributed by atoms with Crippen LogP contribution in [0.3, 0.4) is 0 Å². The maximum absolute atomic E-state index is 8.67. The van der Waals surface area contributed by atoms with Gasteiger partial charge in [-0.1, -0.05) is 0 Å². The van der Waals surface area contributed by atoms with Gasteiger partial charge in [0.2, 0.25) is 0 Å². The lowest BCUT2D eigenvalue weighted by Gasteiger charge is -2.28. The van der Waals surface area contributed by atoms with Gasteiger partial charge in [-0.25, -0.2) is 4.98 Å². The summed E-state index contributed by atoms with van der Waals surface area (Å²) in [6.07, 6.45) is 4.29. The van der Waals surface area contributed by atoms with E-state index in [2.05, 4.69) is 9.88 Å². The molecule has 1 atom stereocenters. The number of pyridine rings is 1. The summed E-state index contributed by atoms with van der Waals surface area (Å²) in [5.74, 6) is 0.727. The van der Waals surface area contributed by atoms with Crippen molar-refractivity contribution in [3.63, 3.8) is 0 Å². The number of nitrogens with zero attached hydrogens (tertiary/aromatic N) is 3. The molecule has 0 bridgehead atoms. The van der Waals surface area contributed by atoms with Gasteiger partial charge >= 0.3 is 0 Å². The van der Waals surface area contributed by atoms with Gasteiger partial charge < -0.3 is 10.6 Å². The molecule has 4 heteroatoms. The Balaban J connectivity index is 2.12. The first-order valence-corrected chi connectivity index (χ1v) is 5.55. The molecule has 0 aliphatic heterocycles. The van der Waals surface area contributed by atoms with Crippen molar-refractivity contribution in [1.82, 2.24) is 4.98 Å². The molecule has 0 radical (unpaired) electrons. The molecule has 1 unspecified atom stereocenters. The predicted molar refractivity (Wildman–Crippen MR) is 62.9 cm³/mol. The number of nitrogens with two attached hydrogens (primary N) is 1. The van der Waals surface area contributed by atoms with Gasteiger partial charge in [0.1, 0.15) is 11.8 Å². The molecular formula is C12H16N4. The average molecular weight is 216 g/mol. The van der Waals surface area contributed by atoms with Crippen molar-refractivity contribution >= 4 is 5.69 Å². The molecule has 1 aromatic heterocycles. The first-order chi connectivity index (χ1) is 7.76. The van der Waals surface area contributed by atoms with Crippen LogP contribution in [0.1, 0.15) is 18.5 Å². The van der Waals surface area contributed by atoms with Crippen molar-refractivity contribution < 1.29 is 0 Å². The highest BCUT2D eigenvalue weighted by Crippen LogP contribution is 2.35. The fourth-order valence-electron chi connectivity index (χ4n) is 2.00. The van der Waals surface area contributed by atoms with Crippen LogP contribution in [0.5, 0.6) is 0 Å². The SMILES string of the molecule is CN(c1ccc(C#N)nc1)C(CN)C1CC1. The van der Waals surface area contributed by atoms with Gasteiger partial charge in [0, 0.05) is 19.6 Å². The maximum atomic E-state index is 8.67. The minimum atomic E-state index is 0.398. The van der Waals surface area contributed by atoms with E-state index in [-0.39, 0.29) is 0 Å². The molecule has 1 heterocycles. The molecule has 1 saturated carbocycles. The third-order valence-electron chi connectivity index (χ3n) is 3.17. The number of hydrogen-bond donors (Lipinski definition) is 1. The number of rotatable bonds is 4. The van der Waals surface area contributed by atoms with Gasteiger partial charge in [-0.2, -0.15) is 5.26 Å². The van der Waals surface area contributed by atoms with Gasteiger partial charge in [0.25, 0.3) is 0 Å².